The summed E-state index contributed by atoms with van der Waals surface area (Å²) in [7, 11) is -3.82. The molecule has 0 saturated carbocycles. The van der Waals surface area contributed by atoms with Gasteiger partial charge in [0.05, 0.1) is 16.7 Å². The smallest absolute Gasteiger partial charge is 0.264 e. The predicted molar refractivity (Wildman–Crippen MR) is 82.0 cm³/mol. The first-order valence-electron chi connectivity index (χ1n) is 6.65. The van der Waals surface area contributed by atoms with Crippen molar-refractivity contribution in [3.05, 3.63) is 58.9 Å². The molecule has 116 valence electrons. The fourth-order valence-electron chi connectivity index (χ4n) is 2.54. The lowest BCUT2D eigenvalue weighted by molar-refractivity contribution is 0.166. The Bertz CT molecular complexity index is 825. The second kappa shape index (κ2) is 5.53. The molecule has 1 atom stereocenters. The van der Waals surface area contributed by atoms with Gasteiger partial charge in [-0.1, -0.05) is 17.7 Å². The van der Waals surface area contributed by atoms with Crippen LogP contribution in [-0.2, 0) is 10.0 Å². The summed E-state index contributed by atoms with van der Waals surface area (Å²) in [4.78, 5) is 0.0617. The van der Waals surface area contributed by atoms with E-state index in [0.29, 0.717) is 10.7 Å². The first kappa shape index (κ1) is 15.3. The first-order valence-corrected chi connectivity index (χ1v) is 8.47. The summed E-state index contributed by atoms with van der Waals surface area (Å²) in [5.74, 6) is -0.514. The van der Waals surface area contributed by atoms with Crippen LogP contribution in [0.2, 0.25) is 5.02 Å². The largest absolute Gasteiger partial charge is 0.388 e. The Morgan fingerprint density at radius 3 is 2.73 bits per heavy atom. The third kappa shape index (κ3) is 2.58. The zero-order valence-corrected chi connectivity index (χ0v) is 13.0. The van der Waals surface area contributed by atoms with Crippen molar-refractivity contribution in [3.63, 3.8) is 0 Å². The molecule has 2 aromatic rings. The summed E-state index contributed by atoms with van der Waals surface area (Å²) in [5, 5.41) is 10.3. The van der Waals surface area contributed by atoms with Crippen LogP contribution in [0.15, 0.2) is 47.4 Å². The van der Waals surface area contributed by atoms with Gasteiger partial charge in [-0.15, -0.1) is 0 Å². The molecule has 1 N–H and O–H groups in total. The minimum Gasteiger partial charge on any atom is -0.388 e. The Morgan fingerprint density at radius 2 is 2.00 bits per heavy atom. The maximum Gasteiger partial charge on any atom is 0.264 e. The van der Waals surface area contributed by atoms with Gasteiger partial charge in [0.2, 0.25) is 0 Å². The van der Waals surface area contributed by atoms with Crippen molar-refractivity contribution in [2.24, 2.45) is 0 Å². The van der Waals surface area contributed by atoms with Crippen LogP contribution in [0.4, 0.5) is 10.1 Å². The van der Waals surface area contributed by atoms with Crippen molar-refractivity contribution in [1.29, 1.82) is 0 Å². The highest BCUT2D eigenvalue weighted by Gasteiger charge is 2.32. The molecule has 0 amide bonds. The molecule has 1 unspecified atom stereocenters. The van der Waals surface area contributed by atoms with E-state index in [-0.39, 0.29) is 23.4 Å². The van der Waals surface area contributed by atoms with Gasteiger partial charge in [0.25, 0.3) is 10.0 Å². The molecule has 22 heavy (non-hydrogen) atoms. The molecule has 0 fully saturated rings. The summed E-state index contributed by atoms with van der Waals surface area (Å²) in [6.07, 6.45) is -0.674. The normalized spacial score (nSPS) is 18.1. The number of anilines is 1. The van der Waals surface area contributed by atoms with Crippen molar-refractivity contribution in [3.8, 4) is 0 Å². The second-order valence-corrected chi connectivity index (χ2v) is 7.34. The quantitative estimate of drug-likeness (QED) is 0.913. The number of nitrogens with zero attached hydrogens (tertiary/aromatic N) is 1. The van der Waals surface area contributed by atoms with Crippen molar-refractivity contribution in [2.45, 2.75) is 17.4 Å². The van der Waals surface area contributed by atoms with E-state index in [0.717, 1.165) is 0 Å². The Hall–Kier alpha value is -1.63. The summed E-state index contributed by atoms with van der Waals surface area (Å²) in [5.41, 5.74) is 0.567. The van der Waals surface area contributed by atoms with Gasteiger partial charge in [0.1, 0.15) is 5.82 Å². The molecule has 0 radical (unpaired) electrons. The SMILES string of the molecule is O=S(=O)(c1cccc(Cl)c1)N1CCC(O)c2cc(F)ccc21. The molecule has 1 aliphatic heterocycles. The predicted octanol–water partition coefficient (Wildman–Crippen LogP) is 3.11. The van der Waals surface area contributed by atoms with Gasteiger partial charge in [-0.05, 0) is 42.8 Å². The Balaban J connectivity index is 2.12. The van der Waals surface area contributed by atoms with Crippen LogP contribution < -0.4 is 4.31 Å². The van der Waals surface area contributed by atoms with Crippen LogP contribution in [0.3, 0.4) is 0 Å². The van der Waals surface area contributed by atoms with Gasteiger partial charge in [0, 0.05) is 17.1 Å². The number of rotatable bonds is 2. The van der Waals surface area contributed by atoms with Gasteiger partial charge < -0.3 is 5.11 Å². The molecule has 0 bridgehead atoms. The Kier molecular flexibility index (Phi) is 3.84. The molecule has 2 aromatic carbocycles. The molecule has 0 aliphatic carbocycles. The van der Waals surface area contributed by atoms with Gasteiger partial charge in [0.15, 0.2) is 0 Å². The van der Waals surface area contributed by atoms with E-state index >= 15 is 0 Å². The fraction of sp³-hybridized carbons (Fsp3) is 0.200. The van der Waals surface area contributed by atoms with E-state index in [1.165, 1.54) is 34.6 Å². The topological polar surface area (TPSA) is 57.6 Å². The highest BCUT2D eigenvalue weighted by Crippen LogP contribution is 2.37. The Morgan fingerprint density at radius 1 is 1.23 bits per heavy atom. The number of aliphatic hydroxyl groups is 1. The van der Waals surface area contributed by atoms with Crippen LogP contribution in [0.5, 0.6) is 0 Å². The monoisotopic (exact) mass is 341 g/mol. The van der Waals surface area contributed by atoms with Crippen molar-refractivity contribution >= 4 is 27.3 Å². The minimum absolute atomic E-state index is 0.0617. The number of fused-ring (bicyclic) bond motifs is 1. The minimum atomic E-state index is -3.82. The standard InChI is InChI=1S/C15H13ClFNO3S/c16-10-2-1-3-12(8-10)22(20,21)18-7-6-15(19)13-9-11(17)4-5-14(13)18/h1-5,8-9,15,19H,6-7H2. The number of hydrogen-bond acceptors (Lipinski definition) is 3. The number of benzene rings is 2. The van der Waals surface area contributed by atoms with Gasteiger partial charge in [-0.3, -0.25) is 4.31 Å². The fourth-order valence-corrected chi connectivity index (χ4v) is 4.35. The maximum atomic E-state index is 13.4. The first-order chi connectivity index (χ1) is 10.4. The van der Waals surface area contributed by atoms with Crippen LogP contribution in [0.1, 0.15) is 18.1 Å². The summed E-state index contributed by atoms with van der Waals surface area (Å²) >= 11 is 5.86. The van der Waals surface area contributed by atoms with Crippen LogP contribution in [-0.4, -0.2) is 20.1 Å². The third-order valence-electron chi connectivity index (χ3n) is 3.61. The molecule has 0 saturated heterocycles. The lowest BCUT2D eigenvalue weighted by atomic mass is 10.0. The Labute approximate surface area is 132 Å². The molecule has 4 nitrogen and oxygen atoms in total. The van der Waals surface area contributed by atoms with Crippen LogP contribution in [0.25, 0.3) is 0 Å². The average molecular weight is 342 g/mol. The van der Waals surface area contributed by atoms with Crippen molar-refractivity contribution in [2.75, 3.05) is 10.8 Å². The molecule has 0 spiro atoms. The van der Waals surface area contributed by atoms with E-state index in [1.54, 1.807) is 12.1 Å². The van der Waals surface area contributed by atoms with Crippen molar-refractivity contribution in [1.82, 2.24) is 0 Å². The van der Waals surface area contributed by atoms with Crippen molar-refractivity contribution < 1.29 is 17.9 Å². The van der Waals surface area contributed by atoms with Crippen LogP contribution in [0, 0.1) is 5.82 Å². The molecule has 7 heteroatoms. The summed E-state index contributed by atoms with van der Waals surface area (Å²) in [6.45, 7) is 0.120. The lowest BCUT2D eigenvalue weighted by Gasteiger charge is -2.33. The molecular weight excluding hydrogens is 329 g/mol. The van der Waals surface area contributed by atoms with E-state index < -0.39 is 21.9 Å². The van der Waals surface area contributed by atoms with E-state index in [1.807, 2.05) is 0 Å². The zero-order valence-electron chi connectivity index (χ0n) is 11.4. The van der Waals surface area contributed by atoms with E-state index in [9.17, 15) is 17.9 Å². The zero-order chi connectivity index (χ0) is 15.9. The van der Waals surface area contributed by atoms with E-state index in [2.05, 4.69) is 0 Å². The number of aliphatic hydroxyl groups excluding tert-OH is 1. The molecule has 1 heterocycles. The summed E-state index contributed by atoms with van der Waals surface area (Å²) in [6, 6.07) is 9.68. The van der Waals surface area contributed by atoms with Gasteiger partial charge >= 0.3 is 0 Å². The maximum absolute atomic E-state index is 13.4. The lowest BCUT2D eigenvalue weighted by Crippen LogP contribution is -2.36. The molecule has 0 aromatic heterocycles. The molecular formula is C15H13ClFNO3S. The average Bonchev–Trinajstić information content (AvgIpc) is 2.48. The number of sulfonamides is 1. The highest BCUT2D eigenvalue weighted by molar-refractivity contribution is 7.92. The van der Waals surface area contributed by atoms with Crippen LogP contribution >= 0.6 is 11.6 Å². The molecule has 1 aliphatic rings. The second-order valence-electron chi connectivity index (χ2n) is 5.04. The van der Waals surface area contributed by atoms with E-state index in [4.69, 9.17) is 11.6 Å². The third-order valence-corrected chi connectivity index (χ3v) is 5.65. The number of hydrogen-bond donors (Lipinski definition) is 1. The summed E-state index contributed by atoms with van der Waals surface area (Å²) < 4.78 is 40.1. The van der Waals surface area contributed by atoms with Gasteiger partial charge in [-0.25, -0.2) is 12.8 Å². The van der Waals surface area contributed by atoms with Gasteiger partial charge in [-0.2, -0.15) is 0 Å². The molecule has 3 rings (SSSR count). The number of halogens is 2. The highest BCUT2D eigenvalue weighted by atomic mass is 35.5.